The van der Waals surface area contributed by atoms with Gasteiger partial charge in [-0.25, -0.2) is 9.67 Å². The third kappa shape index (κ3) is 5.56. The molecule has 0 aliphatic heterocycles. The molecule has 26 heavy (non-hydrogen) atoms. The lowest BCUT2D eigenvalue weighted by atomic mass is 9.79. The van der Waals surface area contributed by atoms with Gasteiger partial charge in [-0.1, -0.05) is 18.2 Å². The predicted octanol–water partition coefficient (Wildman–Crippen LogP) is 2.58. The minimum Gasteiger partial charge on any atom is -0.328 e. The van der Waals surface area contributed by atoms with E-state index in [1.165, 1.54) is 6.33 Å². The van der Waals surface area contributed by atoms with Gasteiger partial charge in [0.1, 0.15) is 12.7 Å². The topological polar surface area (TPSA) is 142 Å². The molecular formula is C17H20N6O3. The number of rotatable bonds is 4. The van der Waals surface area contributed by atoms with E-state index in [-0.39, 0.29) is 0 Å². The number of nitriles is 2. The van der Waals surface area contributed by atoms with Crippen LogP contribution in [0, 0.1) is 32.8 Å². The fourth-order valence-electron chi connectivity index (χ4n) is 2.14. The number of hydrogen-bond donors (Lipinski definition) is 1. The molecule has 9 nitrogen and oxygen atoms in total. The minimum atomic E-state index is -1.50. The normalized spacial score (nSPS) is 10.8. The maximum absolute atomic E-state index is 9.40. The maximum Gasteiger partial charge on any atom is 0.291 e. The van der Waals surface area contributed by atoms with E-state index < -0.39 is 15.9 Å². The zero-order valence-corrected chi connectivity index (χ0v) is 15.0. The van der Waals surface area contributed by atoms with Gasteiger partial charge in [0.25, 0.3) is 5.09 Å². The summed E-state index contributed by atoms with van der Waals surface area (Å²) in [5, 5.41) is 36.6. The Kier molecular flexibility index (Phi) is 6.40. The molecule has 1 heterocycles. The molecule has 0 atom stereocenters. The predicted molar refractivity (Wildman–Crippen MR) is 91.6 cm³/mol. The molecule has 0 spiro atoms. The average molecular weight is 356 g/mol. The smallest absolute Gasteiger partial charge is 0.291 e. The SMILES string of the molecule is CC(C)(C#N)c1cc(Cn2cncn2)cc(C(C)(C)C#N)c1.O=[N+]([O-])O. The summed E-state index contributed by atoms with van der Waals surface area (Å²) < 4.78 is 1.72. The summed E-state index contributed by atoms with van der Waals surface area (Å²) >= 11 is 0. The summed E-state index contributed by atoms with van der Waals surface area (Å²) in [6, 6.07) is 10.6. The van der Waals surface area contributed by atoms with Gasteiger partial charge < -0.3 is 5.21 Å². The lowest BCUT2D eigenvalue weighted by Crippen LogP contribution is -2.20. The standard InChI is InChI=1S/C17H19N5.HNO3/c1-16(2,9-18)14-5-13(8-22-12-20-11-21-22)6-15(7-14)17(3,4)10-19;2-1(3)4/h5-7,11-12H,8H2,1-4H3;(H,2,3,4). The van der Waals surface area contributed by atoms with Crippen LogP contribution in [0.2, 0.25) is 0 Å². The molecule has 0 amide bonds. The van der Waals surface area contributed by atoms with Crippen LogP contribution in [0.15, 0.2) is 30.9 Å². The van der Waals surface area contributed by atoms with Gasteiger partial charge in [-0.15, -0.1) is 10.1 Å². The monoisotopic (exact) mass is 356 g/mol. The number of nitrogens with zero attached hydrogens (tertiary/aromatic N) is 6. The van der Waals surface area contributed by atoms with Crippen molar-refractivity contribution in [1.29, 1.82) is 10.5 Å². The minimum absolute atomic E-state index is 0.559. The second kappa shape index (κ2) is 8.08. The van der Waals surface area contributed by atoms with Crippen LogP contribution in [0.5, 0.6) is 0 Å². The van der Waals surface area contributed by atoms with Crippen LogP contribution in [0.3, 0.4) is 0 Å². The third-order valence-electron chi connectivity index (χ3n) is 3.81. The van der Waals surface area contributed by atoms with Crippen LogP contribution in [-0.2, 0) is 17.4 Å². The zero-order chi connectivity index (χ0) is 20.0. The quantitative estimate of drug-likeness (QED) is 0.655. The van der Waals surface area contributed by atoms with E-state index in [4.69, 9.17) is 15.3 Å². The van der Waals surface area contributed by atoms with Gasteiger partial charge >= 0.3 is 0 Å². The van der Waals surface area contributed by atoms with Gasteiger partial charge in [-0.3, -0.25) is 0 Å². The molecule has 0 fully saturated rings. The second-order valence-electron chi connectivity index (χ2n) is 6.72. The van der Waals surface area contributed by atoms with Gasteiger partial charge in [0.15, 0.2) is 0 Å². The van der Waals surface area contributed by atoms with Crippen molar-refractivity contribution in [1.82, 2.24) is 14.8 Å². The van der Waals surface area contributed by atoms with E-state index in [0.717, 1.165) is 16.7 Å². The van der Waals surface area contributed by atoms with E-state index in [1.807, 2.05) is 45.9 Å². The Labute approximate surface area is 151 Å². The fourth-order valence-corrected chi connectivity index (χ4v) is 2.14. The Morgan fingerprint density at radius 3 is 1.96 bits per heavy atom. The van der Waals surface area contributed by atoms with Crippen LogP contribution < -0.4 is 0 Å². The summed E-state index contributed by atoms with van der Waals surface area (Å²) in [6.07, 6.45) is 3.14. The molecule has 0 bridgehead atoms. The van der Waals surface area contributed by atoms with Crippen molar-refractivity contribution in [3.63, 3.8) is 0 Å². The molecule has 0 radical (unpaired) electrons. The van der Waals surface area contributed by atoms with Gasteiger partial charge in [0.2, 0.25) is 0 Å². The molecule has 0 saturated heterocycles. The van der Waals surface area contributed by atoms with Gasteiger partial charge in [0, 0.05) is 0 Å². The Hall–Kier alpha value is -3.46. The largest absolute Gasteiger partial charge is 0.328 e. The van der Waals surface area contributed by atoms with Crippen LogP contribution in [-0.4, -0.2) is 25.1 Å². The Morgan fingerprint density at radius 2 is 1.62 bits per heavy atom. The first-order chi connectivity index (χ1) is 12.0. The highest BCUT2D eigenvalue weighted by Gasteiger charge is 2.26. The van der Waals surface area contributed by atoms with Gasteiger partial charge in [-0.05, 0) is 44.4 Å². The van der Waals surface area contributed by atoms with Gasteiger partial charge in [0.05, 0.1) is 29.5 Å². The van der Waals surface area contributed by atoms with E-state index in [9.17, 15) is 10.5 Å². The number of aromatic nitrogens is 3. The summed E-state index contributed by atoms with van der Waals surface area (Å²) in [4.78, 5) is 12.3. The van der Waals surface area contributed by atoms with E-state index >= 15 is 0 Å². The van der Waals surface area contributed by atoms with Crippen molar-refractivity contribution in [2.75, 3.05) is 0 Å². The fraction of sp³-hybridized carbons (Fsp3) is 0.412. The molecule has 1 aromatic carbocycles. The average Bonchev–Trinajstić information content (AvgIpc) is 3.07. The van der Waals surface area contributed by atoms with Crippen molar-refractivity contribution >= 4 is 0 Å². The number of benzene rings is 1. The summed E-state index contributed by atoms with van der Waals surface area (Å²) in [5.74, 6) is 0. The highest BCUT2D eigenvalue weighted by Crippen LogP contribution is 2.30. The van der Waals surface area contributed by atoms with E-state index in [2.05, 4.69) is 22.2 Å². The molecule has 0 aliphatic rings. The first kappa shape index (κ1) is 20.6. The molecular weight excluding hydrogens is 336 g/mol. The second-order valence-corrected chi connectivity index (χ2v) is 6.72. The lowest BCUT2D eigenvalue weighted by Gasteiger charge is -2.23. The van der Waals surface area contributed by atoms with E-state index in [0.29, 0.717) is 6.54 Å². The molecule has 0 saturated carbocycles. The van der Waals surface area contributed by atoms with Crippen molar-refractivity contribution < 1.29 is 10.3 Å². The van der Waals surface area contributed by atoms with Crippen molar-refractivity contribution in [3.05, 3.63) is 57.7 Å². The van der Waals surface area contributed by atoms with Crippen molar-refractivity contribution in [2.45, 2.75) is 45.1 Å². The molecule has 9 heteroatoms. The highest BCUT2D eigenvalue weighted by atomic mass is 16.9. The maximum atomic E-state index is 9.40. The summed E-state index contributed by atoms with van der Waals surface area (Å²) in [5.41, 5.74) is 1.60. The molecule has 0 aliphatic carbocycles. The molecule has 2 rings (SSSR count). The third-order valence-corrected chi connectivity index (χ3v) is 3.81. The molecule has 0 unspecified atom stereocenters. The first-order valence-corrected chi connectivity index (χ1v) is 7.65. The highest BCUT2D eigenvalue weighted by molar-refractivity contribution is 5.42. The summed E-state index contributed by atoms with van der Waals surface area (Å²) in [6.45, 7) is 8.08. The molecule has 2 aromatic rings. The Morgan fingerprint density at radius 1 is 1.15 bits per heavy atom. The number of hydrogen-bond acceptors (Lipinski definition) is 6. The lowest BCUT2D eigenvalue weighted by molar-refractivity contribution is -0.742. The van der Waals surface area contributed by atoms with E-state index in [1.54, 1.807) is 11.0 Å². The van der Waals surface area contributed by atoms with Crippen LogP contribution in [0.4, 0.5) is 0 Å². The molecule has 1 N–H and O–H groups in total. The molecule has 1 aromatic heterocycles. The Balaban J connectivity index is 0.000000765. The summed E-state index contributed by atoms with van der Waals surface area (Å²) in [7, 11) is 0. The Bertz CT molecular complexity index is 796. The van der Waals surface area contributed by atoms with Crippen LogP contribution in [0.1, 0.15) is 44.4 Å². The zero-order valence-electron chi connectivity index (χ0n) is 15.0. The van der Waals surface area contributed by atoms with Gasteiger partial charge in [-0.2, -0.15) is 15.6 Å². The first-order valence-electron chi connectivity index (χ1n) is 7.65. The van der Waals surface area contributed by atoms with Crippen LogP contribution >= 0.6 is 0 Å². The van der Waals surface area contributed by atoms with Crippen LogP contribution in [0.25, 0.3) is 0 Å². The molecule has 136 valence electrons. The van der Waals surface area contributed by atoms with Crippen molar-refractivity contribution in [3.8, 4) is 12.1 Å². The van der Waals surface area contributed by atoms with Crippen molar-refractivity contribution in [2.24, 2.45) is 0 Å².